The summed E-state index contributed by atoms with van der Waals surface area (Å²) in [5.74, 6) is 1.15. The first kappa shape index (κ1) is 24.4. The Morgan fingerprint density at radius 2 is 1.82 bits per heavy atom. The van der Waals surface area contributed by atoms with Crippen molar-refractivity contribution in [1.29, 1.82) is 0 Å². The number of hydrogen-bond acceptors (Lipinski definition) is 6. The van der Waals surface area contributed by atoms with E-state index in [0.717, 1.165) is 17.9 Å². The lowest BCUT2D eigenvalue weighted by atomic mass is 10.2. The number of hydrogen-bond donors (Lipinski definition) is 1. The largest absolute Gasteiger partial charge is 0.494 e. The summed E-state index contributed by atoms with van der Waals surface area (Å²) in [6.07, 6.45) is -4.45. The van der Waals surface area contributed by atoms with Crippen LogP contribution in [0.25, 0.3) is 0 Å². The zero-order valence-corrected chi connectivity index (χ0v) is 18.9. The minimum Gasteiger partial charge on any atom is -0.494 e. The maximum absolute atomic E-state index is 12.9. The summed E-state index contributed by atoms with van der Waals surface area (Å²) in [7, 11) is 0. The molecule has 0 aliphatic carbocycles. The van der Waals surface area contributed by atoms with Gasteiger partial charge in [0, 0.05) is 12.2 Å². The van der Waals surface area contributed by atoms with E-state index in [2.05, 4.69) is 15.5 Å². The lowest BCUT2D eigenvalue weighted by molar-refractivity contribution is -0.137. The van der Waals surface area contributed by atoms with Crippen LogP contribution in [-0.2, 0) is 24.1 Å². The predicted octanol–water partition coefficient (Wildman–Crippen LogP) is 5.03. The van der Waals surface area contributed by atoms with Gasteiger partial charge in [-0.1, -0.05) is 17.8 Å². The van der Waals surface area contributed by atoms with E-state index in [1.54, 1.807) is 28.8 Å². The molecular weight excluding hydrogens is 457 g/mol. The molecule has 0 atom stereocenters. The van der Waals surface area contributed by atoms with E-state index >= 15 is 0 Å². The van der Waals surface area contributed by atoms with Crippen molar-refractivity contribution in [3.8, 4) is 11.5 Å². The average molecular weight is 481 g/mol. The molecule has 0 spiro atoms. The third kappa shape index (κ3) is 6.88. The molecule has 3 aromatic rings. The van der Waals surface area contributed by atoms with Gasteiger partial charge in [-0.3, -0.25) is 4.79 Å². The van der Waals surface area contributed by atoms with Crippen LogP contribution in [0, 0.1) is 0 Å². The lowest BCUT2D eigenvalue weighted by Gasteiger charge is -2.11. The molecule has 1 heterocycles. The highest BCUT2D eigenvalue weighted by Gasteiger charge is 2.30. The fraction of sp³-hybridized carbons (Fsp3) is 0.318. The van der Waals surface area contributed by atoms with Crippen molar-refractivity contribution in [3.05, 3.63) is 59.9 Å². The zero-order chi connectivity index (χ0) is 23.8. The molecule has 2 aromatic carbocycles. The van der Waals surface area contributed by atoms with Crippen LogP contribution in [0.1, 0.15) is 25.2 Å². The second-order valence-corrected chi connectivity index (χ2v) is 7.69. The van der Waals surface area contributed by atoms with Crippen molar-refractivity contribution in [2.45, 2.75) is 38.3 Å². The number of ether oxygens (including phenoxy) is 2. The van der Waals surface area contributed by atoms with E-state index < -0.39 is 11.7 Å². The number of halogens is 3. The van der Waals surface area contributed by atoms with Gasteiger partial charge in [0.05, 0.1) is 17.9 Å². The van der Waals surface area contributed by atoms with Gasteiger partial charge in [-0.2, -0.15) is 13.2 Å². The highest BCUT2D eigenvalue weighted by atomic mass is 32.2. The van der Waals surface area contributed by atoms with Gasteiger partial charge >= 0.3 is 6.18 Å². The molecular formula is C22H23F3N4O3S. The number of thioether (sulfide) groups is 1. The number of nitrogens with zero attached hydrogens (tertiary/aromatic N) is 3. The standard InChI is InChI=1S/C22H23F3N4O3S/c1-3-29-19(13-32-18-7-5-6-15(12-18)22(23,24)25)27-28-21(29)33-14-20(30)26-16-8-10-17(11-9-16)31-4-2/h5-12H,3-4,13-14H2,1-2H3,(H,26,30). The van der Waals surface area contributed by atoms with Gasteiger partial charge in [-0.05, 0) is 56.3 Å². The van der Waals surface area contributed by atoms with Crippen molar-refractivity contribution in [2.24, 2.45) is 0 Å². The Hall–Kier alpha value is -3.21. The lowest BCUT2D eigenvalue weighted by Crippen LogP contribution is -2.15. The van der Waals surface area contributed by atoms with Gasteiger partial charge in [0.1, 0.15) is 18.1 Å². The molecule has 1 amide bonds. The van der Waals surface area contributed by atoms with Crippen molar-refractivity contribution >= 4 is 23.4 Å². The summed E-state index contributed by atoms with van der Waals surface area (Å²) < 4.78 is 51.2. The Morgan fingerprint density at radius 1 is 1.06 bits per heavy atom. The molecule has 33 heavy (non-hydrogen) atoms. The summed E-state index contributed by atoms with van der Waals surface area (Å²) in [5, 5.41) is 11.5. The number of amides is 1. The molecule has 11 heteroatoms. The summed E-state index contributed by atoms with van der Waals surface area (Å²) in [4.78, 5) is 12.3. The van der Waals surface area contributed by atoms with Crippen molar-refractivity contribution in [2.75, 3.05) is 17.7 Å². The molecule has 3 rings (SSSR count). The topological polar surface area (TPSA) is 78.3 Å². The Morgan fingerprint density at radius 3 is 2.48 bits per heavy atom. The van der Waals surface area contributed by atoms with Crippen LogP contribution in [0.4, 0.5) is 18.9 Å². The fourth-order valence-corrected chi connectivity index (χ4v) is 3.71. The molecule has 1 aromatic heterocycles. The minimum atomic E-state index is -4.45. The Kier molecular flexibility index (Phi) is 8.21. The fourth-order valence-electron chi connectivity index (χ4n) is 2.89. The zero-order valence-electron chi connectivity index (χ0n) is 18.1. The number of alkyl halides is 3. The van der Waals surface area contributed by atoms with E-state index in [1.807, 2.05) is 13.8 Å². The molecule has 0 radical (unpaired) electrons. The van der Waals surface area contributed by atoms with Crippen LogP contribution < -0.4 is 14.8 Å². The second-order valence-electron chi connectivity index (χ2n) is 6.75. The Labute approximate surface area is 193 Å². The number of benzene rings is 2. The molecule has 0 fully saturated rings. The number of aromatic nitrogens is 3. The number of carbonyl (C=O) groups is 1. The first-order valence-corrected chi connectivity index (χ1v) is 11.2. The summed E-state index contributed by atoms with van der Waals surface area (Å²) in [5.41, 5.74) is -0.136. The number of nitrogens with one attached hydrogen (secondary N) is 1. The number of rotatable bonds is 10. The van der Waals surface area contributed by atoms with Crippen LogP contribution in [0.3, 0.4) is 0 Å². The second kappa shape index (κ2) is 11.1. The Bertz CT molecular complexity index is 1070. The van der Waals surface area contributed by atoms with Crippen LogP contribution in [0.2, 0.25) is 0 Å². The smallest absolute Gasteiger partial charge is 0.416 e. The van der Waals surface area contributed by atoms with Gasteiger partial charge in [0.2, 0.25) is 5.91 Å². The first-order valence-electron chi connectivity index (χ1n) is 10.2. The van der Waals surface area contributed by atoms with Crippen molar-refractivity contribution in [1.82, 2.24) is 14.8 Å². The summed E-state index contributed by atoms with van der Waals surface area (Å²) in [6, 6.07) is 11.7. The Balaban J connectivity index is 1.56. The third-order valence-electron chi connectivity index (χ3n) is 4.42. The van der Waals surface area contributed by atoms with E-state index in [9.17, 15) is 18.0 Å². The molecule has 0 saturated heterocycles. The SMILES string of the molecule is CCOc1ccc(NC(=O)CSc2nnc(COc3cccc(C(F)(F)F)c3)n2CC)cc1. The van der Waals surface area contributed by atoms with Crippen LogP contribution in [0.15, 0.2) is 53.7 Å². The van der Waals surface area contributed by atoms with Gasteiger partial charge in [-0.15, -0.1) is 10.2 Å². The van der Waals surface area contributed by atoms with E-state index in [4.69, 9.17) is 9.47 Å². The minimum absolute atomic E-state index is 0.0545. The molecule has 1 N–H and O–H groups in total. The summed E-state index contributed by atoms with van der Waals surface area (Å²) >= 11 is 1.21. The maximum atomic E-state index is 12.9. The molecule has 0 bridgehead atoms. The van der Waals surface area contributed by atoms with Gasteiger partial charge < -0.3 is 19.4 Å². The monoisotopic (exact) mass is 480 g/mol. The molecule has 0 saturated carbocycles. The molecule has 0 aliphatic rings. The van der Waals surface area contributed by atoms with Crippen molar-refractivity contribution < 1.29 is 27.4 Å². The van der Waals surface area contributed by atoms with Crippen LogP contribution >= 0.6 is 11.8 Å². The highest BCUT2D eigenvalue weighted by Crippen LogP contribution is 2.31. The van der Waals surface area contributed by atoms with E-state index in [0.29, 0.717) is 29.8 Å². The van der Waals surface area contributed by atoms with Gasteiger partial charge in [0.15, 0.2) is 11.0 Å². The molecule has 0 aliphatic heterocycles. The molecule has 0 unspecified atom stereocenters. The summed E-state index contributed by atoms with van der Waals surface area (Å²) in [6.45, 7) is 4.79. The predicted molar refractivity (Wildman–Crippen MR) is 118 cm³/mol. The molecule has 176 valence electrons. The average Bonchev–Trinajstić information content (AvgIpc) is 3.19. The van der Waals surface area contributed by atoms with Crippen molar-refractivity contribution in [3.63, 3.8) is 0 Å². The van der Waals surface area contributed by atoms with Crippen LogP contribution in [0.5, 0.6) is 11.5 Å². The highest BCUT2D eigenvalue weighted by molar-refractivity contribution is 7.99. The maximum Gasteiger partial charge on any atom is 0.416 e. The first-order chi connectivity index (χ1) is 15.8. The van der Waals surface area contributed by atoms with Gasteiger partial charge in [-0.25, -0.2) is 0 Å². The normalized spacial score (nSPS) is 11.3. The van der Waals surface area contributed by atoms with E-state index in [-0.39, 0.29) is 24.0 Å². The number of anilines is 1. The molecule has 7 nitrogen and oxygen atoms in total. The van der Waals surface area contributed by atoms with E-state index in [1.165, 1.54) is 23.9 Å². The number of carbonyl (C=O) groups excluding carboxylic acids is 1. The third-order valence-corrected chi connectivity index (χ3v) is 5.39. The quantitative estimate of drug-likeness (QED) is 0.411. The van der Waals surface area contributed by atoms with Crippen LogP contribution in [-0.4, -0.2) is 33.0 Å². The van der Waals surface area contributed by atoms with Gasteiger partial charge in [0.25, 0.3) is 0 Å².